The molecule has 0 bridgehead atoms. The first-order valence-corrected chi connectivity index (χ1v) is 13.3. The van der Waals surface area contributed by atoms with Crippen LogP contribution in [0.5, 0.6) is 0 Å². The van der Waals surface area contributed by atoms with Crippen molar-refractivity contribution in [2.45, 2.75) is 65.7 Å². The van der Waals surface area contributed by atoms with Crippen LogP contribution >= 0.6 is 0 Å². The Morgan fingerprint density at radius 1 is 0.868 bits per heavy atom. The van der Waals surface area contributed by atoms with E-state index >= 15 is 0 Å². The molecule has 0 N–H and O–H groups in total. The molecule has 0 atom stereocenters. The molecule has 0 fully saturated rings. The number of Topliss-reactive ketones (excluding diaryl/α,β-unsaturated/α-hetero) is 2. The minimum Gasteiger partial charge on any atom is -0.465 e. The Labute approximate surface area is 221 Å². The first-order chi connectivity index (χ1) is 18.0. The molecule has 2 aromatic carbocycles. The predicted molar refractivity (Wildman–Crippen MR) is 148 cm³/mol. The molecule has 0 spiro atoms. The molecule has 6 rings (SSSR count). The van der Waals surface area contributed by atoms with Crippen molar-refractivity contribution in [3.05, 3.63) is 93.3 Å². The summed E-state index contributed by atoms with van der Waals surface area (Å²) in [4.78, 5) is 41.5. The van der Waals surface area contributed by atoms with Crippen LogP contribution in [0.3, 0.4) is 0 Å². The highest BCUT2D eigenvalue weighted by molar-refractivity contribution is 6.08. The van der Waals surface area contributed by atoms with Crippen LogP contribution in [0.15, 0.2) is 81.1 Å². The molecule has 38 heavy (non-hydrogen) atoms. The van der Waals surface area contributed by atoms with Crippen molar-refractivity contribution in [3.8, 4) is 0 Å². The monoisotopic (exact) mass is 508 g/mol. The van der Waals surface area contributed by atoms with Crippen LogP contribution in [0.1, 0.15) is 70.4 Å². The average molecular weight is 509 g/mol. The standard InChI is InChI=1S/C33H32O5/c1-6-9-18-12-21-30(36)22(17-37-31(21)20-11-8-7-10-19(18)20)27-28-23(34)13-32(2,3)15-25(28)38-26-16-33(4,5)14-24(35)29(26)27/h6-8,10-12,17,27H,1,9,13-16H2,2-5H3. The third-order valence-corrected chi connectivity index (χ3v) is 8.15. The van der Waals surface area contributed by atoms with Crippen LogP contribution in [0.2, 0.25) is 0 Å². The van der Waals surface area contributed by atoms with Crippen LogP contribution < -0.4 is 5.43 Å². The van der Waals surface area contributed by atoms with E-state index < -0.39 is 5.92 Å². The Morgan fingerprint density at radius 3 is 2.03 bits per heavy atom. The maximum atomic E-state index is 14.3. The smallest absolute Gasteiger partial charge is 0.196 e. The number of carbonyl (C=O) groups is 2. The van der Waals surface area contributed by atoms with E-state index in [9.17, 15) is 14.4 Å². The van der Waals surface area contributed by atoms with E-state index in [-0.39, 0.29) is 27.8 Å². The molecule has 0 amide bonds. The van der Waals surface area contributed by atoms with Crippen molar-refractivity contribution < 1.29 is 18.7 Å². The number of rotatable bonds is 3. The van der Waals surface area contributed by atoms with Crippen LogP contribution in [-0.4, -0.2) is 11.6 Å². The van der Waals surface area contributed by atoms with Gasteiger partial charge in [-0.25, -0.2) is 0 Å². The number of benzene rings is 2. The first kappa shape index (κ1) is 24.6. The zero-order valence-electron chi connectivity index (χ0n) is 22.4. The van der Waals surface area contributed by atoms with Crippen molar-refractivity contribution in [2.24, 2.45) is 10.8 Å². The number of ketones is 2. The van der Waals surface area contributed by atoms with Gasteiger partial charge >= 0.3 is 0 Å². The van der Waals surface area contributed by atoms with E-state index in [4.69, 9.17) is 9.15 Å². The molecule has 5 heteroatoms. The topological polar surface area (TPSA) is 73.6 Å². The van der Waals surface area contributed by atoms with Crippen molar-refractivity contribution in [3.63, 3.8) is 0 Å². The van der Waals surface area contributed by atoms with E-state index in [1.165, 1.54) is 6.26 Å². The highest BCUT2D eigenvalue weighted by atomic mass is 16.5. The van der Waals surface area contributed by atoms with Gasteiger partial charge in [0.25, 0.3) is 0 Å². The minimum atomic E-state index is -0.782. The molecule has 194 valence electrons. The lowest BCUT2D eigenvalue weighted by Gasteiger charge is -2.42. The van der Waals surface area contributed by atoms with E-state index in [1.54, 1.807) is 0 Å². The molecule has 2 aliphatic carbocycles. The summed E-state index contributed by atoms with van der Waals surface area (Å²) in [5, 5.41) is 2.30. The highest BCUT2D eigenvalue weighted by Crippen LogP contribution is 2.53. The van der Waals surface area contributed by atoms with Crippen molar-refractivity contribution >= 4 is 33.3 Å². The van der Waals surface area contributed by atoms with Gasteiger partial charge in [0.2, 0.25) is 0 Å². The van der Waals surface area contributed by atoms with Crippen LogP contribution in [0.4, 0.5) is 0 Å². The molecule has 0 unspecified atom stereocenters. The first-order valence-electron chi connectivity index (χ1n) is 13.3. The van der Waals surface area contributed by atoms with Gasteiger partial charge in [-0.15, -0.1) is 6.58 Å². The third kappa shape index (κ3) is 3.79. The zero-order valence-corrected chi connectivity index (χ0v) is 22.4. The summed E-state index contributed by atoms with van der Waals surface area (Å²) in [6, 6.07) is 9.71. The van der Waals surface area contributed by atoms with Gasteiger partial charge in [-0.1, -0.05) is 58.0 Å². The molecule has 3 aromatic rings. The summed E-state index contributed by atoms with van der Waals surface area (Å²) in [6.45, 7) is 12.1. The number of hydrogen-bond donors (Lipinski definition) is 0. The van der Waals surface area contributed by atoms with Crippen molar-refractivity contribution in [1.82, 2.24) is 0 Å². The van der Waals surface area contributed by atoms with Gasteiger partial charge in [-0.3, -0.25) is 14.4 Å². The van der Waals surface area contributed by atoms with Gasteiger partial charge in [-0.05, 0) is 34.3 Å². The second-order valence-electron chi connectivity index (χ2n) is 12.6. The molecule has 5 nitrogen and oxygen atoms in total. The normalized spacial score (nSPS) is 20.9. The lowest BCUT2D eigenvalue weighted by Crippen LogP contribution is -2.38. The SMILES string of the molecule is C=CCc1cc2c(=O)c(C3C4=C(CC(C)(C)CC4=O)OC4=C3C(=O)CC(C)(C)C4)coc2c2ccccc12. The second kappa shape index (κ2) is 8.39. The summed E-state index contributed by atoms with van der Waals surface area (Å²) in [7, 11) is 0. The fraction of sp³-hybridized carbons (Fsp3) is 0.364. The molecule has 1 aliphatic heterocycles. The van der Waals surface area contributed by atoms with E-state index in [0.717, 1.165) is 16.3 Å². The number of fused-ring (bicyclic) bond motifs is 3. The molecule has 0 saturated carbocycles. The van der Waals surface area contributed by atoms with Crippen molar-refractivity contribution in [2.75, 3.05) is 0 Å². The third-order valence-electron chi connectivity index (χ3n) is 8.15. The lowest BCUT2D eigenvalue weighted by atomic mass is 9.65. The van der Waals surface area contributed by atoms with Gasteiger partial charge < -0.3 is 9.15 Å². The highest BCUT2D eigenvalue weighted by Gasteiger charge is 2.48. The van der Waals surface area contributed by atoms with Gasteiger partial charge in [0.1, 0.15) is 17.1 Å². The van der Waals surface area contributed by atoms with Gasteiger partial charge in [0.15, 0.2) is 17.0 Å². The Bertz CT molecular complexity index is 1640. The summed E-state index contributed by atoms with van der Waals surface area (Å²) in [5.41, 5.74) is 1.93. The average Bonchev–Trinajstić information content (AvgIpc) is 2.82. The van der Waals surface area contributed by atoms with Gasteiger partial charge in [-0.2, -0.15) is 0 Å². The molecular weight excluding hydrogens is 476 g/mol. The predicted octanol–water partition coefficient (Wildman–Crippen LogP) is 7.07. The van der Waals surface area contributed by atoms with Crippen LogP contribution in [-0.2, 0) is 20.7 Å². The van der Waals surface area contributed by atoms with E-state index in [0.29, 0.717) is 71.3 Å². The lowest BCUT2D eigenvalue weighted by molar-refractivity contribution is -0.120. The van der Waals surface area contributed by atoms with E-state index in [1.807, 2.05) is 64.1 Å². The Hall–Kier alpha value is -3.73. The number of allylic oxidation sites excluding steroid dienone is 5. The largest absolute Gasteiger partial charge is 0.465 e. The molecular formula is C33H32O5. The number of carbonyl (C=O) groups excluding carboxylic acids is 2. The van der Waals surface area contributed by atoms with Crippen LogP contribution in [0.25, 0.3) is 21.7 Å². The molecule has 0 saturated heterocycles. The fourth-order valence-corrected chi connectivity index (χ4v) is 6.56. The molecule has 0 radical (unpaired) electrons. The second-order valence-corrected chi connectivity index (χ2v) is 12.6. The quantitative estimate of drug-likeness (QED) is 0.279. The summed E-state index contributed by atoms with van der Waals surface area (Å²) in [5.74, 6) is 0.249. The summed E-state index contributed by atoms with van der Waals surface area (Å²) in [6.07, 6.45) is 5.70. The summed E-state index contributed by atoms with van der Waals surface area (Å²) >= 11 is 0. The maximum absolute atomic E-state index is 14.3. The molecule has 2 heterocycles. The van der Waals surface area contributed by atoms with Crippen LogP contribution in [0, 0.1) is 10.8 Å². The maximum Gasteiger partial charge on any atom is 0.196 e. The number of hydrogen-bond acceptors (Lipinski definition) is 5. The molecule has 3 aliphatic rings. The van der Waals surface area contributed by atoms with Gasteiger partial charge in [0.05, 0.1) is 17.6 Å². The summed E-state index contributed by atoms with van der Waals surface area (Å²) < 4.78 is 12.6. The number of ether oxygens (including phenoxy) is 1. The zero-order chi connectivity index (χ0) is 27.0. The van der Waals surface area contributed by atoms with Crippen molar-refractivity contribution in [1.29, 1.82) is 0 Å². The van der Waals surface area contributed by atoms with Gasteiger partial charge in [0, 0.05) is 47.8 Å². The fourth-order valence-electron chi connectivity index (χ4n) is 6.56. The Balaban J connectivity index is 1.64. The molecule has 1 aromatic heterocycles. The Kier molecular flexibility index (Phi) is 5.43. The Morgan fingerprint density at radius 2 is 1.45 bits per heavy atom. The van der Waals surface area contributed by atoms with E-state index in [2.05, 4.69) is 6.58 Å². The minimum absolute atomic E-state index is 0.0733.